The van der Waals surface area contributed by atoms with Gasteiger partial charge in [0, 0.05) is 6.21 Å². The fourth-order valence-electron chi connectivity index (χ4n) is 2.04. The molecule has 3 heteroatoms. The molecule has 2 nitrogen and oxygen atoms in total. The topological polar surface area (TPSA) is 21.6 Å². The van der Waals surface area contributed by atoms with Crippen molar-refractivity contribution in [3.05, 3.63) is 66.4 Å². The lowest BCUT2D eigenvalue weighted by Crippen LogP contribution is -2.39. The van der Waals surface area contributed by atoms with Crippen LogP contribution in [0.15, 0.2) is 71.4 Å². The number of rotatable bonds is 5. The van der Waals surface area contributed by atoms with Gasteiger partial charge >= 0.3 is 0 Å². The zero-order valence-electron chi connectivity index (χ0n) is 12.8. The highest BCUT2D eigenvalue weighted by Gasteiger charge is 2.18. The van der Waals surface area contributed by atoms with Gasteiger partial charge in [0.1, 0.15) is 13.8 Å². The van der Waals surface area contributed by atoms with E-state index >= 15 is 0 Å². The van der Waals surface area contributed by atoms with Gasteiger partial charge in [-0.25, -0.2) is 0 Å². The first-order valence-electron chi connectivity index (χ1n) is 7.03. The number of aliphatic imine (C=N–C) groups is 1. The average Bonchev–Trinajstić information content (AvgIpc) is 2.53. The van der Waals surface area contributed by atoms with Gasteiger partial charge in [0.2, 0.25) is 0 Å². The summed E-state index contributed by atoms with van der Waals surface area (Å²) in [5.74, 6) is 0.849. The molecule has 108 valence electrons. The van der Waals surface area contributed by atoms with Crippen LogP contribution in [0.4, 0.5) is 5.69 Å². The zero-order valence-corrected chi connectivity index (χ0v) is 13.8. The second kappa shape index (κ2) is 7.04. The zero-order chi connectivity index (χ0) is 15.1. The minimum atomic E-state index is -1.52. The van der Waals surface area contributed by atoms with Gasteiger partial charge in [0.15, 0.2) is 0 Å². The quantitative estimate of drug-likeness (QED) is 0.601. The summed E-state index contributed by atoms with van der Waals surface area (Å²) in [6, 6.07) is 18.4. The molecule has 0 amide bonds. The van der Waals surface area contributed by atoms with Crippen molar-refractivity contribution in [1.29, 1.82) is 0 Å². The summed E-state index contributed by atoms with van der Waals surface area (Å²) in [7, 11) is 0.140. The predicted octanol–water partition coefficient (Wildman–Crippen LogP) is 4.11. The van der Waals surface area contributed by atoms with Crippen molar-refractivity contribution in [3.8, 4) is 5.75 Å². The van der Waals surface area contributed by atoms with E-state index in [1.165, 1.54) is 5.19 Å². The molecule has 0 saturated carbocycles. The highest BCUT2D eigenvalue weighted by atomic mass is 28.3. The molecule has 2 aromatic rings. The summed E-state index contributed by atoms with van der Waals surface area (Å²) in [5.41, 5.74) is 3.23. The summed E-state index contributed by atoms with van der Waals surface area (Å²) in [5, 5.41) is 1.43. The van der Waals surface area contributed by atoms with E-state index < -0.39 is 8.07 Å². The number of benzene rings is 2. The Labute approximate surface area is 127 Å². The molecule has 2 aromatic carbocycles. The number of hydrogen-bond donors (Lipinski definition) is 0. The summed E-state index contributed by atoms with van der Waals surface area (Å²) < 4.78 is 5.13. The van der Waals surface area contributed by atoms with Gasteiger partial charge in [-0.3, -0.25) is 4.99 Å². The van der Waals surface area contributed by atoms with E-state index in [1.54, 1.807) is 7.11 Å². The lowest BCUT2D eigenvalue weighted by molar-refractivity contribution is 0.415. The van der Waals surface area contributed by atoms with Gasteiger partial charge in [-0.2, -0.15) is 0 Å². The molecule has 21 heavy (non-hydrogen) atoms. The molecule has 0 fully saturated rings. The maximum Gasteiger partial charge on any atom is 0.119 e. The Kier molecular flexibility index (Phi) is 5.12. The molecule has 0 atom stereocenters. The third kappa shape index (κ3) is 4.43. The summed E-state index contributed by atoms with van der Waals surface area (Å²) in [6.07, 6.45) is 3.92. The van der Waals surface area contributed by atoms with Crippen molar-refractivity contribution in [3.63, 3.8) is 0 Å². The number of ether oxygens (including phenoxy) is 1. The molecule has 0 heterocycles. The summed E-state index contributed by atoms with van der Waals surface area (Å²) in [4.78, 5) is 4.43. The van der Waals surface area contributed by atoms with Gasteiger partial charge in [-0.15, -0.1) is 0 Å². The molecular formula is C18H21NOSi. The van der Waals surface area contributed by atoms with Crippen LogP contribution >= 0.6 is 0 Å². The molecule has 0 N–H and O–H groups in total. The van der Waals surface area contributed by atoms with Crippen molar-refractivity contribution in [2.24, 2.45) is 4.99 Å². The van der Waals surface area contributed by atoms with Crippen LogP contribution in [0.3, 0.4) is 0 Å². The highest BCUT2D eigenvalue weighted by molar-refractivity contribution is 6.94. The Bertz CT molecular complexity index is 615. The van der Waals surface area contributed by atoms with E-state index in [4.69, 9.17) is 4.74 Å². The SMILES string of the molecule is COc1ccc(N=C/C=C/[Si](C)(C)c2ccccc2)cc1. The van der Waals surface area contributed by atoms with Crippen molar-refractivity contribution < 1.29 is 4.74 Å². The van der Waals surface area contributed by atoms with E-state index in [9.17, 15) is 0 Å². The maximum atomic E-state index is 5.13. The largest absolute Gasteiger partial charge is 0.497 e. The molecular weight excluding hydrogens is 274 g/mol. The van der Waals surface area contributed by atoms with Crippen LogP contribution in [-0.2, 0) is 0 Å². The second-order valence-corrected chi connectivity index (χ2v) is 9.78. The standard InChI is InChI=1S/C18H21NOSi/c1-20-17-12-10-16(11-13-17)19-14-7-15-21(2,3)18-8-5-4-6-9-18/h4-15H,1-3H3/b15-7+,19-14?. The van der Waals surface area contributed by atoms with Crippen molar-refractivity contribution in [1.82, 2.24) is 0 Å². The number of allylic oxidation sites excluding steroid dienone is 1. The Hall–Kier alpha value is -2.13. The van der Waals surface area contributed by atoms with E-state index in [1.807, 2.05) is 30.5 Å². The first kappa shape index (κ1) is 15.3. The van der Waals surface area contributed by atoms with E-state index in [0.29, 0.717) is 0 Å². The minimum Gasteiger partial charge on any atom is -0.497 e. The Morgan fingerprint density at radius 3 is 2.24 bits per heavy atom. The summed E-state index contributed by atoms with van der Waals surface area (Å²) >= 11 is 0. The molecule has 0 aliphatic heterocycles. The highest BCUT2D eigenvalue weighted by Crippen LogP contribution is 2.17. The lowest BCUT2D eigenvalue weighted by atomic mass is 10.3. The first-order valence-corrected chi connectivity index (χ1v) is 10.1. The molecule has 0 aliphatic carbocycles. The van der Waals surface area contributed by atoms with Gasteiger partial charge in [0.05, 0.1) is 12.8 Å². The van der Waals surface area contributed by atoms with Crippen LogP contribution in [0.2, 0.25) is 13.1 Å². The molecule has 2 rings (SSSR count). The fraction of sp³-hybridized carbons (Fsp3) is 0.167. The van der Waals surface area contributed by atoms with Crippen LogP contribution in [0.1, 0.15) is 0 Å². The number of nitrogens with zero attached hydrogens (tertiary/aromatic N) is 1. The fourth-order valence-corrected chi connectivity index (χ4v) is 3.86. The van der Waals surface area contributed by atoms with Gasteiger partial charge in [-0.1, -0.05) is 60.4 Å². The molecule has 0 bridgehead atoms. The minimum absolute atomic E-state index is 0.849. The van der Waals surface area contributed by atoms with E-state index in [-0.39, 0.29) is 0 Å². The molecule has 0 radical (unpaired) electrons. The van der Waals surface area contributed by atoms with E-state index in [0.717, 1.165) is 11.4 Å². The van der Waals surface area contributed by atoms with Crippen molar-refractivity contribution >= 4 is 25.2 Å². The van der Waals surface area contributed by atoms with Crippen LogP contribution in [-0.4, -0.2) is 21.4 Å². The number of hydrogen-bond acceptors (Lipinski definition) is 2. The molecule has 0 aliphatic rings. The average molecular weight is 295 g/mol. The Morgan fingerprint density at radius 2 is 1.62 bits per heavy atom. The maximum absolute atomic E-state index is 5.13. The molecule has 0 aromatic heterocycles. The van der Waals surface area contributed by atoms with Crippen LogP contribution < -0.4 is 9.92 Å². The Balaban J connectivity index is 2.02. The third-order valence-corrected chi connectivity index (χ3v) is 6.26. The first-order chi connectivity index (χ1) is 10.1. The third-order valence-electron chi connectivity index (χ3n) is 3.41. The van der Waals surface area contributed by atoms with Crippen molar-refractivity contribution in [2.75, 3.05) is 7.11 Å². The van der Waals surface area contributed by atoms with Gasteiger partial charge in [0.25, 0.3) is 0 Å². The second-order valence-electron chi connectivity index (χ2n) is 5.42. The summed E-state index contributed by atoms with van der Waals surface area (Å²) in [6.45, 7) is 4.67. The molecule has 0 unspecified atom stereocenters. The monoisotopic (exact) mass is 295 g/mol. The van der Waals surface area contributed by atoms with Gasteiger partial charge in [-0.05, 0) is 24.3 Å². The number of methoxy groups -OCH3 is 1. The van der Waals surface area contributed by atoms with E-state index in [2.05, 4.69) is 60.2 Å². The van der Waals surface area contributed by atoms with Crippen LogP contribution in [0, 0.1) is 0 Å². The smallest absolute Gasteiger partial charge is 0.119 e. The normalized spacial score (nSPS) is 12.1. The van der Waals surface area contributed by atoms with Crippen LogP contribution in [0.5, 0.6) is 5.75 Å². The molecule has 0 spiro atoms. The van der Waals surface area contributed by atoms with Crippen molar-refractivity contribution in [2.45, 2.75) is 13.1 Å². The predicted molar refractivity (Wildman–Crippen MR) is 93.8 cm³/mol. The Morgan fingerprint density at radius 1 is 0.952 bits per heavy atom. The van der Waals surface area contributed by atoms with Gasteiger partial charge < -0.3 is 4.74 Å². The lowest BCUT2D eigenvalue weighted by Gasteiger charge is -2.17. The molecule has 0 saturated heterocycles. The van der Waals surface area contributed by atoms with Crippen LogP contribution in [0.25, 0.3) is 0 Å².